The molecule has 180 valence electrons. The van der Waals surface area contributed by atoms with Crippen LogP contribution in [0.15, 0.2) is 45.6 Å². The van der Waals surface area contributed by atoms with Crippen molar-refractivity contribution in [3.05, 3.63) is 74.1 Å². The summed E-state index contributed by atoms with van der Waals surface area (Å²) in [5.74, 6) is 0.152. The molecule has 0 aliphatic carbocycles. The van der Waals surface area contributed by atoms with Crippen LogP contribution in [0.5, 0.6) is 11.5 Å². The molecular formula is C26H25N3O5S. The quantitative estimate of drug-likeness (QED) is 0.404. The number of phenols is 1. The normalized spacial score (nSPS) is 15.3. The van der Waals surface area contributed by atoms with E-state index in [1.165, 1.54) is 22.3 Å². The van der Waals surface area contributed by atoms with Gasteiger partial charge in [0.2, 0.25) is 10.9 Å². The molecule has 4 aromatic rings. The van der Waals surface area contributed by atoms with Crippen molar-refractivity contribution in [2.45, 2.75) is 40.2 Å². The number of carbonyl (C=O) groups is 1. The Kier molecular flexibility index (Phi) is 5.80. The van der Waals surface area contributed by atoms with Crippen molar-refractivity contribution in [2.24, 2.45) is 5.92 Å². The van der Waals surface area contributed by atoms with Crippen molar-refractivity contribution in [3.8, 4) is 11.5 Å². The van der Waals surface area contributed by atoms with Crippen LogP contribution in [0.1, 0.15) is 59.1 Å². The highest BCUT2D eigenvalue weighted by atomic mass is 32.1. The second-order valence-electron chi connectivity index (χ2n) is 8.99. The minimum atomic E-state index is -0.807. The summed E-state index contributed by atoms with van der Waals surface area (Å²) in [7, 11) is 0. The van der Waals surface area contributed by atoms with Gasteiger partial charge < -0.3 is 14.3 Å². The van der Waals surface area contributed by atoms with Crippen LogP contribution < -0.4 is 15.1 Å². The number of rotatable bonds is 6. The number of ether oxygens (including phenoxy) is 1. The highest BCUT2D eigenvalue weighted by Crippen LogP contribution is 2.44. The number of carbonyl (C=O) groups excluding carboxylic acids is 1. The molecule has 3 heterocycles. The van der Waals surface area contributed by atoms with Crippen LogP contribution in [-0.2, 0) is 6.42 Å². The molecule has 1 unspecified atom stereocenters. The van der Waals surface area contributed by atoms with Crippen LogP contribution in [0.2, 0.25) is 0 Å². The highest BCUT2D eigenvalue weighted by Gasteiger charge is 2.45. The van der Waals surface area contributed by atoms with Gasteiger partial charge in [0.15, 0.2) is 16.9 Å². The van der Waals surface area contributed by atoms with Crippen LogP contribution in [0.3, 0.4) is 0 Å². The smallest absolute Gasteiger partial charge is 0.297 e. The number of benzene rings is 2. The lowest BCUT2D eigenvalue weighted by Gasteiger charge is -2.22. The fourth-order valence-electron chi connectivity index (χ4n) is 4.35. The van der Waals surface area contributed by atoms with E-state index in [-0.39, 0.29) is 28.3 Å². The molecule has 5 rings (SSSR count). The number of hydrogen-bond donors (Lipinski definition) is 1. The Morgan fingerprint density at radius 1 is 1.17 bits per heavy atom. The highest BCUT2D eigenvalue weighted by molar-refractivity contribution is 7.15. The maximum absolute atomic E-state index is 13.8. The van der Waals surface area contributed by atoms with E-state index in [2.05, 4.69) is 24.0 Å². The fourth-order valence-corrected chi connectivity index (χ4v) is 5.42. The van der Waals surface area contributed by atoms with E-state index < -0.39 is 11.9 Å². The Bertz CT molecular complexity index is 1510. The number of phenolic OH excluding ortho intramolecular Hbond substituents is 1. The fraction of sp³-hybridized carbons (Fsp3) is 0.308. The minimum Gasteiger partial charge on any atom is -0.504 e. The van der Waals surface area contributed by atoms with E-state index in [0.29, 0.717) is 34.2 Å². The Balaban J connectivity index is 1.75. The maximum atomic E-state index is 13.8. The third-order valence-electron chi connectivity index (χ3n) is 5.87. The predicted octanol–water partition coefficient (Wildman–Crippen LogP) is 5.01. The van der Waals surface area contributed by atoms with E-state index in [1.807, 2.05) is 19.9 Å². The van der Waals surface area contributed by atoms with Crippen molar-refractivity contribution < 1.29 is 19.1 Å². The average Bonchev–Trinajstić information content (AvgIpc) is 3.38. The zero-order valence-electron chi connectivity index (χ0n) is 19.9. The first-order valence-electron chi connectivity index (χ1n) is 11.5. The van der Waals surface area contributed by atoms with Crippen LogP contribution in [0, 0.1) is 12.8 Å². The monoisotopic (exact) mass is 491 g/mol. The van der Waals surface area contributed by atoms with E-state index >= 15 is 0 Å². The van der Waals surface area contributed by atoms with Crippen LogP contribution in [0.25, 0.3) is 11.0 Å². The van der Waals surface area contributed by atoms with E-state index in [4.69, 9.17) is 9.15 Å². The second kappa shape index (κ2) is 8.81. The number of aromatic hydroxyl groups is 1. The number of fused-ring (bicyclic) bond motifs is 2. The first-order chi connectivity index (χ1) is 16.8. The van der Waals surface area contributed by atoms with Gasteiger partial charge in [-0.1, -0.05) is 42.9 Å². The predicted molar refractivity (Wildman–Crippen MR) is 134 cm³/mol. The lowest BCUT2D eigenvalue weighted by molar-refractivity contribution is 0.0970. The lowest BCUT2D eigenvalue weighted by atomic mass is 9.98. The first-order valence-corrected chi connectivity index (χ1v) is 12.3. The molecule has 0 saturated heterocycles. The molecule has 0 saturated carbocycles. The molecular weight excluding hydrogens is 466 g/mol. The summed E-state index contributed by atoms with van der Waals surface area (Å²) in [6.45, 7) is 8.23. The summed E-state index contributed by atoms with van der Waals surface area (Å²) in [6.07, 6.45) is 0.728. The molecule has 2 aromatic heterocycles. The average molecular weight is 492 g/mol. The van der Waals surface area contributed by atoms with Gasteiger partial charge in [-0.05, 0) is 49.6 Å². The summed E-state index contributed by atoms with van der Waals surface area (Å²) in [4.78, 5) is 28.9. The Labute approximate surface area is 205 Å². The molecule has 1 N–H and O–H groups in total. The Morgan fingerprint density at radius 3 is 2.71 bits per heavy atom. The Morgan fingerprint density at radius 2 is 1.97 bits per heavy atom. The van der Waals surface area contributed by atoms with E-state index in [0.717, 1.165) is 17.0 Å². The number of amides is 1. The zero-order chi connectivity index (χ0) is 24.9. The van der Waals surface area contributed by atoms with Crippen molar-refractivity contribution in [2.75, 3.05) is 11.5 Å². The molecule has 1 atom stereocenters. The van der Waals surface area contributed by atoms with Gasteiger partial charge >= 0.3 is 0 Å². The van der Waals surface area contributed by atoms with Gasteiger partial charge in [-0.2, -0.15) is 0 Å². The molecule has 0 radical (unpaired) electrons. The van der Waals surface area contributed by atoms with Gasteiger partial charge in [-0.15, -0.1) is 10.2 Å². The molecule has 0 bridgehead atoms. The summed E-state index contributed by atoms with van der Waals surface area (Å²) in [5.41, 5.74) is 1.82. The number of aryl methyl sites for hydroxylation is 1. The molecule has 35 heavy (non-hydrogen) atoms. The zero-order valence-corrected chi connectivity index (χ0v) is 20.7. The van der Waals surface area contributed by atoms with Crippen molar-refractivity contribution in [1.29, 1.82) is 0 Å². The SMILES string of the molecule is CCOc1cc(C2c3c(oc4ccc(C)cc4c3=O)C(=O)N2c2nnc(CC(C)C)s2)ccc1O. The van der Waals surface area contributed by atoms with Crippen molar-refractivity contribution >= 4 is 33.3 Å². The molecule has 1 aliphatic heterocycles. The lowest BCUT2D eigenvalue weighted by Crippen LogP contribution is -2.29. The number of nitrogens with zero attached hydrogens (tertiary/aromatic N) is 3. The molecule has 0 spiro atoms. The second-order valence-corrected chi connectivity index (χ2v) is 10.0. The van der Waals surface area contributed by atoms with E-state index in [9.17, 15) is 14.7 Å². The van der Waals surface area contributed by atoms with Gasteiger partial charge in [0.05, 0.1) is 23.6 Å². The third-order valence-corrected chi connectivity index (χ3v) is 6.82. The number of hydrogen-bond acceptors (Lipinski definition) is 8. The van der Waals surface area contributed by atoms with Crippen LogP contribution in [0.4, 0.5) is 5.13 Å². The van der Waals surface area contributed by atoms with Gasteiger partial charge in [-0.25, -0.2) is 0 Å². The third kappa shape index (κ3) is 3.95. The standard InChI is InChI=1S/C26H25N3O5S/c1-5-33-19-12-15(7-8-17(19)30)22-21-23(31)16-11-14(4)6-9-18(16)34-24(21)25(32)29(22)26-28-27-20(35-26)10-13(2)3/h6-9,11-13,22,30H,5,10H2,1-4H3. The summed E-state index contributed by atoms with van der Waals surface area (Å²) in [5, 5.41) is 20.4. The molecule has 9 heteroatoms. The van der Waals surface area contributed by atoms with E-state index in [1.54, 1.807) is 24.3 Å². The minimum absolute atomic E-state index is 0.0111. The molecule has 2 aromatic carbocycles. The molecule has 1 aliphatic rings. The maximum Gasteiger partial charge on any atom is 0.297 e. The molecule has 8 nitrogen and oxygen atoms in total. The molecule has 0 fully saturated rings. The van der Waals surface area contributed by atoms with Crippen molar-refractivity contribution in [3.63, 3.8) is 0 Å². The van der Waals surface area contributed by atoms with Gasteiger partial charge in [0, 0.05) is 6.42 Å². The van der Waals surface area contributed by atoms with Crippen LogP contribution >= 0.6 is 11.3 Å². The van der Waals surface area contributed by atoms with Gasteiger partial charge in [-0.3, -0.25) is 14.5 Å². The number of anilines is 1. The topological polar surface area (TPSA) is 106 Å². The first kappa shape index (κ1) is 23.0. The van der Waals surface area contributed by atoms with Gasteiger partial charge in [0.25, 0.3) is 5.91 Å². The van der Waals surface area contributed by atoms with Crippen LogP contribution in [-0.4, -0.2) is 27.8 Å². The molecule has 1 amide bonds. The largest absolute Gasteiger partial charge is 0.504 e. The summed E-state index contributed by atoms with van der Waals surface area (Å²) >= 11 is 1.32. The number of aromatic nitrogens is 2. The summed E-state index contributed by atoms with van der Waals surface area (Å²) in [6, 6.07) is 9.32. The van der Waals surface area contributed by atoms with Gasteiger partial charge in [0.1, 0.15) is 10.6 Å². The summed E-state index contributed by atoms with van der Waals surface area (Å²) < 4.78 is 11.6. The Hall–Kier alpha value is -3.72. The van der Waals surface area contributed by atoms with Crippen molar-refractivity contribution in [1.82, 2.24) is 10.2 Å².